The van der Waals surface area contributed by atoms with E-state index in [9.17, 15) is 13.2 Å². The van der Waals surface area contributed by atoms with Crippen LogP contribution in [-0.2, 0) is 14.8 Å². The van der Waals surface area contributed by atoms with Crippen LogP contribution >= 0.6 is 11.3 Å². The van der Waals surface area contributed by atoms with E-state index >= 15 is 0 Å². The Morgan fingerprint density at radius 3 is 2.68 bits per heavy atom. The van der Waals surface area contributed by atoms with E-state index in [-0.39, 0.29) is 22.6 Å². The molecular weight excluding hydrogens is 470 g/mol. The lowest BCUT2D eigenvalue weighted by atomic mass is 10.0. The number of hydrogen-bond acceptors (Lipinski definition) is 6. The molecule has 0 saturated carbocycles. The smallest absolute Gasteiger partial charge is 0.263 e. The molecule has 5 rings (SSSR count). The predicted molar refractivity (Wildman–Crippen MR) is 134 cm³/mol. The van der Waals surface area contributed by atoms with Gasteiger partial charge in [-0.2, -0.15) is 0 Å². The normalized spacial score (nSPS) is 16.5. The molecule has 3 heterocycles. The number of sulfonamides is 1. The van der Waals surface area contributed by atoms with E-state index in [1.165, 1.54) is 6.07 Å². The van der Waals surface area contributed by atoms with Gasteiger partial charge in [0.15, 0.2) is 4.96 Å². The second kappa shape index (κ2) is 8.69. The number of amides is 1. The van der Waals surface area contributed by atoms with Crippen LogP contribution in [-0.4, -0.2) is 35.6 Å². The van der Waals surface area contributed by atoms with E-state index < -0.39 is 16.1 Å². The Bertz CT molecular complexity index is 1470. The molecule has 2 aromatic carbocycles. The van der Waals surface area contributed by atoms with Crippen molar-refractivity contribution in [3.8, 4) is 11.3 Å². The minimum atomic E-state index is -3.67. The largest absolute Gasteiger partial charge is 0.324 e. The highest BCUT2D eigenvalue weighted by Crippen LogP contribution is 2.25. The minimum Gasteiger partial charge on any atom is -0.324 e. The van der Waals surface area contributed by atoms with Crippen molar-refractivity contribution >= 4 is 43.8 Å². The van der Waals surface area contributed by atoms with Gasteiger partial charge < -0.3 is 5.32 Å². The number of anilines is 1. The minimum absolute atomic E-state index is 0.173. The van der Waals surface area contributed by atoms with E-state index in [2.05, 4.69) is 20.0 Å². The van der Waals surface area contributed by atoms with Crippen molar-refractivity contribution in [1.82, 2.24) is 14.1 Å². The number of carbonyl (C=O) groups excluding carboxylic acids is 1. The van der Waals surface area contributed by atoms with Gasteiger partial charge in [-0.05, 0) is 36.6 Å². The molecule has 0 spiro atoms. The highest BCUT2D eigenvalue weighted by atomic mass is 32.2. The van der Waals surface area contributed by atoms with Gasteiger partial charge in [0.25, 0.3) is 10.0 Å². The number of rotatable bonds is 6. The average Bonchev–Trinajstić information content (AvgIpc) is 3.47. The molecule has 4 aromatic rings. The molecule has 1 aliphatic heterocycles. The lowest BCUT2D eigenvalue weighted by Gasteiger charge is -2.16. The summed E-state index contributed by atoms with van der Waals surface area (Å²) in [5.41, 5.74) is 2.93. The Morgan fingerprint density at radius 1 is 1.18 bits per heavy atom. The molecule has 1 aliphatic rings. The Labute approximate surface area is 201 Å². The van der Waals surface area contributed by atoms with Gasteiger partial charge in [-0.25, -0.2) is 13.4 Å². The van der Waals surface area contributed by atoms with E-state index in [1.54, 1.807) is 29.5 Å². The average molecular weight is 494 g/mol. The fourth-order valence-electron chi connectivity index (χ4n) is 3.87. The molecule has 1 amide bonds. The number of aliphatic imine (C=N–C) groups is 1. The third-order valence-corrected chi connectivity index (χ3v) is 7.65. The first-order valence-electron chi connectivity index (χ1n) is 10.8. The van der Waals surface area contributed by atoms with Crippen molar-refractivity contribution in [2.45, 2.75) is 31.2 Å². The van der Waals surface area contributed by atoms with Gasteiger partial charge in [0.1, 0.15) is 11.9 Å². The van der Waals surface area contributed by atoms with Crippen molar-refractivity contribution in [3.05, 3.63) is 71.9 Å². The van der Waals surface area contributed by atoms with Crippen molar-refractivity contribution in [2.24, 2.45) is 10.9 Å². The summed E-state index contributed by atoms with van der Waals surface area (Å²) in [7, 11) is -3.67. The van der Waals surface area contributed by atoms with Crippen LogP contribution in [0.5, 0.6) is 0 Å². The zero-order valence-electron chi connectivity index (χ0n) is 18.6. The standard InChI is InChI=1S/C24H23N5O3S2/c1-15(2)13-19(26-22-18-5-3-4-6-21(18)34(31,32)28-22)23(30)25-17-9-7-16(8-10-17)20-14-29-11-12-33-24(29)27-20/h3-12,14-15,19H,13H2,1-2H3,(H,25,30)(H,26,28). The van der Waals surface area contributed by atoms with Crippen molar-refractivity contribution in [2.75, 3.05) is 5.32 Å². The molecule has 0 aliphatic carbocycles. The number of aromatic nitrogens is 2. The highest BCUT2D eigenvalue weighted by Gasteiger charge is 2.32. The molecule has 1 atom stereocenters. The van der Waals surface area contributed by atoms with E-state index in [0.717, 1.165) is 16.2 Å². The third-order valence-electron chi connectivity index (χ3n) is 5.49. The van der Waals surface area contributed by atoms with Gasteiger partial charge in [0.2, 0.25) is 5.91 Å². The summed E-state index contributed by atoms with van der Waals surface area (Å²) in [5, 5.41) is 4.90. The van der Waals surface area contributed by atoms with Crippen LogP contribution < -0.4 is 10.0 Å². The van der Waals surface area contributed by atoms with Crippen LogP contribution in [0.4, 0.5) is 5.69 Å². The van der Waals surface area contributed by atoms with Gasteiger partial charge in [0.05, 0.1) is 10.6 Å². The second-order valence-electron chi connectivity index (χ2n) is 8.51. The Hall–Kier alpha value is -3.50. The molecule has 0 fully saturated rings. The van der Waals surface area contributed by atoms with Crippen molar-refractivity contribution < 1.29 is 13.2 Å². The van der Waals surface area contributed by atoms with Crippen LogP contribution in [0.15, 0.2) is 76.2 Å². The molecule has 0 bridgehead atoms. The summed E-state index contributed by atoms with van der Waals surface area (Å²) in [6.07, 6.45) is 4.40. The summed E-state index contributed by atoms with van der Waals surface area (Å²) in [6, 6.07) is 13.4. The number of fused-ring (bicyclic) bond motifs is 2. The third kappa shape index (κ3) is 4.34. The molecule has 2 N–H and O–H groups in total. The molecule has 0 saturated heterocycles. The topological polar surface area (TPSA) is 105 Å². The predicted octanol–water partition coefficient (Wildman–Crippen LogP) is 4.15. The maximum atomic E-state index is 13.1. The summed E-state index contributed by atoms with van der Waals surface area (Å²) in [4.78, 5) is 23.4. The number of amidine groups is 1. The van der Waals surface area contributed by atoms with E-state index in [4.69, 9.17) is 0 Å². The Kier molecular flexibility index (Phi) is 5.70. The molecule has 1 unspecified atom stereocenters. The fourth-order valence-corrected chi connectivity index (χ4v) is 5.81. The molecule has 8 nitrogen and oxygen atoms in total. The zero-order valence-corrected chi connectivity index (χ0v) is 20.2. The number of nitrogens with one attached hydrogen (secondary N) is 2. The Morgan fingerprint density at radius 2 is 1.94 bits per heavy atom. The summed E-state index contributed by atoms with van der Waals surface area (Å²) < 4.78 is 29.3. The lowest BCUT2D eigenvalue weighted by Crippen LogP contribution is -2.31. The molecular formula is C24H23N5O3S2. The van der Waals surface area contributed by atoms with Gasteiger partial charge in [-0.3, -0.25) is 18.9 Å². The number of hydrogen-bond donors (Lipinski definition) is 2. The van der Waals surface area contributed by atoms with Crippen molar-refractivity contribution in [1.29, 1.82) is 0 Å². The summed E-state index contributed by atoms with van der Waals surface area (Å²) in [6.45, 7) is 4.00. The first-order valence-corrected chi connectivity index (χ1v) is 13.2. The number of nitrogens with zero attached hydrogens (tertiary/aromatic N) is 3. The number of imidazole rings is 1. The molecule has 174 valence electrons. The van der Waals surface area contributed by atoms with Gasteiger partial charge in [-0.15, -0.1) is 11.3 Å². The fraction of sp³-hybridized carbons (Fsp3) is 0.208. The van der Waals surface area contributed by atoms with Crippen LogP contribution in [0.1, 0.15) is 25.8 Å². The van der Waals surface area contributed by atoms with Gasteiger partial charge in [-0.1, -0.05) is 38.1 Å². The van der Waals surface area contributed by atoms with Gasteiger partial charge in [0, 0.05) is 34.6 Å². The zero-order chi connectivity index (χ0) is 23.9. The highest BCUT2D eigenvalue weighted by molar-refractivity contribution is 7.90. The maximum absolute atomic E-state index is 13.1. The number of carbonyl (C=O) groups is 1. The summed E-state index contributed by atoms with van der Waals surface area (Å²) >= 11 is 1.57. The van der Waals surface area contributed by atoms with Gasteiger partial charge >= 0.3 is 0 Å². The quantitative estimate of drug-likeness (QED) is 0.421. The summed E-state index contributed by atoms with van der Waals surface area (Å²) in [5.74, 6) is 0.0945. The van der Waals surface area contributed by atoms with Crippen LogP contribution in [0.3, 0.4) is 0 Å². The SMILES string of the molecule is CC(C)CC(N=C1NS(=O)(=O)c2ccccc21)C(=O)Nc1ccc(-c2cn3ccsc3n2)cc1. The first-order chi connectivity index (χ1) is 16.3. The molecule has 0 radical (unpaired) electrons. The maximum Gasteiger partial charge on any atom is 0.263 e. The number of thiazole rings is 1. The molecule has 2 aromatic heterocycles. The molecule has 10 heteroatoms. The Balaban J connectivity index is 1.37. The number of benzene rings is 2. The van der Waals surface area contributed by atoms with Crippen LogP contribution in [0.2, 0.25) is 0 Å². The van der Waals surface area contributed by atoms with Crippen LogP contribution in [0.25, 0.3) is 16.2 Å². The second-order valence-corrected chi connectivity index (χ2v) is 11.0. The van der Waals surface area contributed by atoms with Crippen LogP contribution in [0, 0.1) is 5.92 Å². The molecule has 34 heavy (non-hydrogen) atoms. The van der Waals surface area contributed by atoms with E-state index in [1.807, 2.05) is 60.3 Å². The van der Waals surface area contributed by atoms with Crippen molar-refractivity contribution in [3.63, 3.8) is 0 Å². The lowest BCUT2D eigenvalue weighted by molar-refractivity contribution is -0.117. The monoisotopic (exact) mass is 493 g/mol. The first kappa shape index (κ1) is 22.3. The van der Waals surface area contributed by atoms with E-state index in [0.29, 0.717) is 17.7 Å².